The average molecular weight is 436 g/mol. The molecule has 0 aromatic heterocycles. The standard InChI is InChI=1S/C17H25N3O6S.ClH/c1-13-4-3-5-14(8-13)18-16(21)11-19-6-7-26-15(9-19)10-20(12-17(22)23)27(2,24)25;/h3-5,8,15H,6-7,9-12H2,1-2H3,(H,18,21)(H,22,23);1H. The summed E-state index contributed by atoms with van der Waals surface area (Å²) >= 11 is 0. The lowest BCUT2D eigenvalue weighted by molar-refractivity contribution is -0.137. The minimum atomic E-state index is -3.67. The van der Waals surface area contributed by atoms with Crippen molar-refractivity contribution < 1.29 is 27.9 Å². The Morgan fingerprint density at radius 3 is 2.71 bits per heavy atom. The van der Waals surface area contributed by atoms with Crippen molar-refractivity contribution in [2.24, 2.45) is 0 Å². The molecule has 1 atom stereocenters. The van der Waals surface area contributed by atoms with E-state index >= 15 is 0 Å². The number of nitrogens with zero attached hydrogens (tertiary/aromatic N) is 2. The summed E-state index contributed by atoms with van der Waals surface area (Å²) in [6.07, 6.45) is 0.464. The first-order valence-electron chi connectivity index (χ1n) is 8.51. The predicted octanol–water partition coefficient (Wildman–Crippen LogP) is 0.402. The third-order valence-electron chi connectivity index (χ3n) is 4.08. The van der Waals surface area contributed by atoms with Crippen molar-refractivity contribution >= 4 is 40.0 Å². The molecular formula is C17H26ClN3O6S. The number of nitrogens with one attached hydrogen (secondary N) is 1. The van der Waals surface area contributed by atoms with E-state index < -0.39 is 28.6 Å². The quantitative estimate of drug-likeness (QED) is 0.607. The van der Waals surface area contributed by atoms with Crippen LogP contribution < -0.4 is 5.32 Å². The normalized spacial score (nSPS) is 17.8. The second-order valence-corrected chi connectivity index (χ2v) is 8.58. The molecule has 1 fully saturated rings. The number of benzene rings is 1. The first-order chi connectivity index (χ1) is 12.6. The van der Waals surface area contributed by atoms with Crippen molar-refractivity contribution in [1.29, 1.82) is 0 Å². The number of aliphatic carboxylic acids is 1. The number of hydrogen-bond acceptors (Lipinski definition) is 6. The zero-order chi connectivity index (χ0) is 20.0. The predicted molar refractivity (Wildman–Crippen MR) is 107 cm³/mol. The molecule has 28 heavy (non-hydrogen) atoms. The van der Waals surface area contributed by atoms with Gasteiger partial charge < -0.3 is 15.2 Å². The summed E-state index contributed by atoms with van der Waals surface area (Å²) in [5.41, 5.74) is 1.76. The number of morpholine rings is 1. The highest BCUT2D eigenvalue weighted by molar-refractivity contribution is 7.88. The lowest BCUT2D eigenvalue weighted by atomic mass is 10.2. The maximum atomic E-state index is 12.2. The molecule has 2 rings (SSSR count). The van der Waals surface area contributed by atoms with Crippen molar-refractivity contribution in [2.45, 2.75) is 13.0 Å². The van der Waals surface area contributed by atoms with Crippen molar-refractivity contribution in [3.63, 3.8) is 0 Å². The number of halogens is 1. The topological polar surface area (TPSA) is 116 Å². The Morgan fingerprint density at radius 1 is 1.39 bits per heavy atom. The van der Waals surface area contributed by atoms with E-state index in [-0.39, 0.29) is 31.4 Å². The lowest BCUT2D eigenvalue weighted by Crippen LogP contribution is -2.51. The molecule has 1 aromatic carbocycles. The highest BCUT2D eigenvalue weighted by atomic mass is 35.5. The van der Waals surface area contributed by atoms with Crippen LogP contribution in [0, 0.1) is 6.92 Å². The molecule has 1 aliphatic rings. The van der Waals surface area contributed by atoms with E-state index in [0.717, 1.165) is 21.8 Å². The van der Waals surface area contributed by atoms with Gasteiger partial charge in [0.1, 0.15) is 6.54 Å². The smallest absolute Gasteiger partial charge is 0.318 e. The molecule has 1 heterocycles. The molecule has 1 saturated heterocycles. The highest BCUT2D eigenvalue weighted by Gasteiger charge is 2.28. The van der Waals surface area contributed by atoms with Gasteiger partial charge in [0.25, 0.3) is 0 Å². The minimum Gasteiger partial charge on any atom is -0.480 e. The zero-order valence-electron chi connectivity index (χ0n) is 15.8. The van der Waals surface area contributed by atoms with Crippen LogP contribution in [0.15, 0.2) is 24.3 Å². The third-order valence-corrected chi connectivity index (χ3v) is 5.30. The van der Waals surface area contributed by atoms with Crippen molar-refractivity contribution in [2.75, 3.05) is 50.9 Å². The SMILES string of the molecule is Cc1cccc(NC(=O)CN2CCOC(CN(CC(=O)O)S(C)(=O)=O)C2)c1.Cl. The second kappa shape index (κ2) is 10.7. The van der Waals surface area contributed by atoms with Crippen LogP contribution in [0.4, 0.5) is 5.69 Å². The number of amides is 1. The highest BCUT2D eigenvalue weighted by Crippen LogP contribution is 2.12. The Morgan fingerprint density at radius 2 is 2.11 bits per heavy atom. The number of anilines is 1. The molecule has 158 valence electrons. The number of sulfonamides is 1. The molecule has 2 N–H and O–H groups in total. The number of ether oxygens (including phenoxy) is 1. The van der Waals surface area contributed by atoms with Crippen molar-refractivity contribution in [1.82, 2.24) is 9.21 Å². The molecule has 0 spiro atoms. The van der Waals surface area contributed by atoms with Gasteiger partial charge in [0.05, 0.1) is 25.5 Å². The van der Waals surface area contributed by atoms with Crippen LogP contribution in [0.2, 0.25) is 0 Å². The van der Waals surface area contributed by atoms with Crippen LogP contribution in [-0.2, 0) is 24.3 Å². The molecule has 1 amide bonds. The number of carbonyl (C=O) groups excluding carboxylic acids is 1. The number of aryl methyl sites for hydroxylation is 1. The van der Waals surface area contributed by atoms with Crippen LogP contribution in [-0.4, -0.2) is 86.3 Å². The van der Waals surface area contributed by atoms with E-state index in [1.165, 1.54) is 0 Å². The van der Waals surface area contributed by atoms with Crippen LogP contribution in [0.1, 0.15) is 5.56 Å². The number of carbonyl (C=O) groups is 2. The first-order valence-corrected chi connectivity index (χ1v) is 10.4. The molecule has 0 saturated carbocycles. The monoisotopic (exact) mass is 435 g/mol. The average Bonchev–Trinajstić information content (AvgIpc) is 2.53. The molecule has 1 aliphatic heterocycles. The number of carboxylic acid groups (broad SMARTS) is 1. The van der Waals surface area contributed by atoms with Gasteiger partial charge in [0.2, 0.25) is 15.9 Å². The Labute approximate surface area is 171 Å². The summed E-state index contributed by atoms with van der Waals surface area (Å²) in [4.78, 5) is 25.0. The molecule has 0 bridgehead atoms. The summed E-state index contributed by atoms with van der Waals surface area (Å²) in [7, 11) is -3.67. The van der Waals surface area contributed by atoms with E-state index in [4.69, 9.17) is 9.84 Å². The van der Waals surface area contributed by atoms with Crippen LogP contribution in [0.25, 0.3) is 0 Å². The van der Waals surface area contributed by atoms with Gasteiger partial charge in [-0.15, -0.1) is 12.4 Å². The minimum absolute atomic E-state index is 0. The summed E-state index contributed by atoms with van der Waals surface area (Å²) in [6, 6.07) is 7.48. The van der Waals surface area contributed by atoms with E-state index in [2.05, 4.69) is 5.32 Å². The molecule has 0 radical (unpaired) electrons. The molecular weight excluding hydrogens is 410 g/mol. The van der Waals surface area contributed by atoms with E-state index in [1.807, 2.05) is 36.1 Å². The first kappa shape index (κ1) is 24.3. The van der Waals surface area contributed by atoms with Gasteiger partial charge in [-0.2, -0.15) is 4.31 Å². The van der Waals surface area contributed by atoms with Gasteiger partial charge in [-0.05, 0) is 24.6 Å². The maximum Gasteiger partial charge on any atom is 0.318 e. The number of hydrogen-bond donors (Lipinski definition) is 2. The van der Waals surface area contributed by atoms with E-state index in [1.54, 1.807) is 0 Å². The lowest BCUT2D eigenvalue weighted by Gasteiger charge is -2.34. The molecule has 9 nitrogen and oxygen atoms in total. The van der Waals surface area contributed by atoms with Crippen LogP contribution >= 0.6 is 12.4 Å². The summed E-state index contributed by atoms with van der Waals surface area (Å²) in [6.45, 7) is 2.61. The van der Waals surface area contributed by atoms with E-state index in [0.29, 0.717) is 19.7 Å². The Kier molecular flexibility index (Phi) is 9.31. The van der Waals surface area contributed by atoms with Crippen LogP contribution in [0.5, 0.6) is 0 Å². The van der Waals surface area contributed by atoms with E-state index in [9.17, 15) is 18.0 Å². The maximum absolute atomic E-state index is 12.2. The van der Waals surface area contributed by atoms with Gasteiger partial charge in [-0.1, -0.05) is 12.1 Å². The fourth-order valence-electron chi connectivity index (χ4n) is 2.86. The third kappa shape index (κ3) is 8.11. The van der Waals surface area contributed by atoms with Gasteiger partial charge in [0.15, 0.2) is 0 Å². The molecule has 1 aromatic rings. The summed E-state index contributed by atoms with van der Waals surface area (Å²) in [5.74, 6) is -1.41. The largest absolute Gasteiger partial charge is 0.480 e. The van der Waals surface area contributed by atoms with Gasteiger partial charge >= 0.3 is 5.97 Å². The molecule has 1 unspecified atom stereocenters. The van der Waals surface area contributed by atoms with Crippen LogP contribution in [0.3, 0.4) is 0 Å². The fraction of sp³-hybridized carbons (Fsp3) is 0.529. The summed E-state index contributed by atoms with van der Waals surface area (Å²) < 4.78 is 29.9. The Hall–Kier alpha value is -1.72. The van der Waals surface area contributed by atoms with Gasteiger partial charge in [-0.25, -0.2) is 8.42 Å². The van der Waals surface area contributed by atoms with Crippen molar-refractivity contribution in [3.05, 3.63) is 29.8 Å². The zero-order valence-corrected chi connectivity index (χ0v) is 17.5. The Balaban J connectivity index is 0.00000392. The fourth-order valence-corrected chi connectivity index (χ4v) is 3.64. The number of carboxylic acids is 1. The Bertz CT molecular complexity index is 789. The second-order valence-electron chi connectivity index (χ2n) is 6.59. The van der Waals surface area contributed by atoms with Gasteiger partial charge in [0, 0.05) is 25.3 Å². The summed E-state index contributed by atoms with van der Waals surface area (Å²) in [5, 5.41) is 11.7. The molecule has 11 heteroatoms. The van der Waals surface area contributed by atoms with Gasteiger partial charge in [-0.3, -0.25) is 14.5 Å². The number of rotatable bonds is 8. The van der Waals surface area contributed by atoms with Crippen molar-refractivity contribution in [3.8, 4) is 0 Å². The molecule has 0 aliphatic carbocycles.